The monoisotopic (exact) mass is 372 g/mol. The maximum absolute atomic E-state index is 12.4. The Kier molecular flexibility index (Phi) is 5.11. The molecule has 25 heavy (non-hydrogen) atoms. The molecular formula is C19H20N2O2S2. The van der Waals surface area contributed by atoms with E-state index in [9.17, 15) is 8.42 Å². The average molecular weight is 373 g/mol. The summed E-state index contributed by atoms with van der Waals surface area (Å²) in [6.07, 6.45) is 0. The Labute approximate surface area is 152 Å². The van der Waals surface area contributed by atoms with Crippen LogP contribution >= 0.6 is 11.3 Å². The first-order valence-electron chi connectivity index (χ1n) is 8.01. The summed E-state index contributed by atoms with van der Waals surface area (Å²) >= 11 is 1.26. The highest BCUT2D eigenvalue weighted by atomic mass is 32.2. The average Bonchev–Trinajstić information content (AvgIpc) is 3.05. The highest BCUT2D eigenvalue weighted by Crippen LogP contribution is 2.28. The molecule has 1 N–H and O–H groups in total. The summed E-state index contributed by atoms with van der Waals surface area (Å²) < 4.78 is 27.8. The molecule has 0 unspecified atom stereocenters. The number of nitrogens with one attached hydrogen (secondary N) is 1. The first-order chi connectivity index (χ1) is 12.0. The smallest absolute Gasteiger partial charge is 0.271 e. The number of rotatable bonds is 6. The van der Waals surface area contributed by atoms with E-state index in [0.717, 1.165) is 22.8 Å². The molecule has 0 atom stereocenters. The van der Waals surface area contributed by atoms with Gasteiger partial charge in [0.15, 0.2) is 0 Å². The molecule has 130 valence electrons. The van der Waals surface area contributed by atoms with E-state index < -0.39 is 10.0 Å². The maximum Gasteiger partial charge on any atom is 0.271 e. The van der Waals surface area contributed by atoms with Gasteiger partial charge in [-0.3, -0.25) is 4.72 Å². The molecular weight excluding hydrogens is 352 g/mol. The van der Waals surface area contributed by atoms with Gasteiger partial charge in [-0.1, -0.05) is 18.2 Å². The molecule has 0 saturated heterocycles. The van der Waals surface area contributed by atoms with Gasteiger partial charge in [0, 0.05) is 28.5 Å². The molecule has 1 aromatic heterocycles. The van der Waals surface area contributed by atoms with E-state index in [2.05, 4.69) is 28.7 Å². The molecule has 6 heteroatoms. The predicted octanol–water partition coefficient (Wildman–Crippen LogP) is 5.02. The summed E-state index contributed by atoms with van der Waals surface area (Å²) in [5.74, 6) is 0. The quantitative estimate of drug-likeness (QED) is 0.661. The van der Waals surface area contributed by atoms with Crippen LogP contribution in [0.5, 0.6) is 0 Å². The maximum atomic E-state index is 12.4. The number of para-hydroxylation sites is 1. The molecule has 1 heterocycles. The number of thiophene rings is 1. The summed E-state index contributed by atoms with van der Waals surface area (Å²) in [7, 11) is -3.53. The molecule has 0 radical (unpaired) electrons. The Morgan fingerprint density at radius 3 is 2.12 bits per heavy atom. The minimum atomic E-state index is -3.53. The van der Waals surface area contributed by atoms with Gasteiger partial charge in [-0.05, 0) is 62.4 Å². The lowest BCUT2D eigenvalue weighted by atomic mass is 10.2. The van der Waals surface area contributed by atoms with Gasteiger partial charge in [0.2, 0.25) is 0 Å². The molecule has 0 aliphatic carbocycles. The van der Waals surface area contributed by atoms with Crippen LogP contribution in [0, 0.1) is 6.92 Å². The Morgan fingerprint density at radius 2 is 1.56 bits per heavy atom. The number of nitrogens with zero attached hydrogens (tertiary/aromatic N) is 1. The van der Waals surface area contributed by atoms with Gasteiger partial charge in [-0.25, -0.2) is 8.42 Å². The topological polar surface area (TPSA) is 49.4 Å². The van der Waals surface area contributed by atoms with Crippen molar-refractivity contribution in [2.24, 2.45) is 0 Å². The van der Waals surface area contributed by atoms with Gasteiger partial charge < -0.3 is 4.90 Å². The van der Waals surface area contributed by atoms with E-state index in [1.165, 1.54) is 11.3 Å². The number of anilines is 3. The molecule has 0 spiro atoms. The van der Waals surface area contributed by atoms with E-state index >= 15 is 0 Å². The van der Waals surface area contributed by atoms with E-state index in [4.69, 9.17) is 0 Å². The second-order valence-electron chi connectivity index (χ2n) is 5.60. The van der Waals surface area contributed by atoms with Gasteiger partial charge in [0.25, 0.3) is 10.0 Å². The number of sulfonamides is 1. The zero-order chi connectivity index (χ0) is 17.9. The minimum absolute atomic E-state index is 0.327. The molecule has 2 aromatic carbocycles. The summed E-state index contributed by atoms with van der Waals surface area (Å²) in [5, 5.41) is 0. The van der Waals surface area contributed by atoms with E-state index in [1.807, 2.05) is 37.3 Å². The van der Waals surface area contributed by atoms with Gasteiger partial charge >= 0.3 is 0 Å². The van der Waals surface area contributed by atoms with Crippen LogP contribution in [0.4, 0.5) is 17.1 Å². The second kappa shape index (κ2) is 7.29. The van der Waals surface area contributed by atoms with Gasteiger partial charge in [0.1, 0.15) is 4.21 Å². The fourth-order valence-corrected chi connectivity index (χ4v) is 4.94. The van der Waals surface area contributed by atoms with Gasteiger partial charge in [-0.15, -0.1) is 11.3 Å². The molecule has 0 fully saturated rings. The molecule has 0 saturated carbocycles. The van der Waals surface area contributed by atoms with Gasteiger partial charge in [0.05, 0.1) is 0 Å². The number of benzene rings is 2. The van der Waals surface area contributed by atoms with Crippen molar-refractivity contribution in [3.63, 3.8) is 0 Å². The van der Waals surface area contributed by atoms with E-state index in [-0.39, 0.29) is 0 Å². The minimum Gasteiger partial charge on any atom is -0.342 e. The Morgan fingerprint density at radius 1 is 0.920 bits per heavy atom. The molecule has 4 nitrogen and oxygen atoms in total. The highest BCUT2D eigenvalue weighted by molar-refractivity contribution is 7.94. The summed E-state index contributed by atoms with van der Waals surface area (Å²) in [6, 6.07) is 21.0. The third-order valence-corrected chi connectivity index (χ3v) is 6.67. The van der Waals surface area contributed by atoms with Crippen LogP contribution in [-0.2, 0) is 10.0 Å². The van der Waals surface area contributed by atoms with Crippen LogP contribution in [0.25, 0.3) is 0 Å². The fourth-order valence-electron chi connectivity index (χ4n) is 2.59. The standard InChI is InChI=1S/C19H20N2O2S2/c1-3-21(17-7-5-4-6-8-17)18-12-10-16(11-13-18)20-25(22,23)19-14-9-15(2)24-19/h4-14,20H,3H2,1-2H3. The summed E-state index contributed by atoms with van der Waals surface area (Å²) in [5.41, 5.74) is 2.68. The molecule has 0 aliphatic heterocycles. The van der Waals surface area contributed by atoms with Crippen molar-refractivity contribution < 1.29 is 8.42 Å². The molecule has 0 bridgehead atoms. The number of hydrogen-bond acceptors (Lipinski definition) is 4. The largest absolute Gasteiger partial charge is 0.342 e. The van der Waals surface area contributed by atoms with Crippen LogP contribution in [0.15, 0.2) is 70.9 Å². The lowest BCUT2D eigenvalue weighted by Crippen LogP contribution is -2.16. The predicted molar refractivity (Wildman–Crippen MR) is 105 cm³/mol. The van der Waals surface area contributed by atoms with Crippen LogP contribution in [0.2, 0.25) is 0 Å². The van der Waals surface area contributed by atoms with Crippen molar-refractivity contribution in [2.45, 2.75) is 18.1 Å². The second-order valence-corrected chi connectivity index (χ2v) is 8.79. The lowest BCUT2D eigenvalue weighted by Gasteiger charge is -2.23. The van der Waals surface area contributed by atoms with Crippen molar-refractivity contribution in [3.8, 4) is 0 Å². The van der Waals surface area contributed by atoms with E-state index in [0.29, 0.717) is 9.90 Å². The highest BCUT2D eigenvalue weighted by Gasteiger charge is 2.16. The molecule has 0 amide bonds. The Hall–Kier alpha value is -2.31. The van der Waals surface area contributed by atoms with Crippen LogP contribution in [0.3, 0.4) is 0 Å². The van der Waals surface area contributed by atoms with Gasteiger partial charge in [-0.2, -0.15) is 0 Å². The summed E-state index contributed by atoms with van der Waals surface area (Å²) in [4.78, 5) is 3.14. The number of hydrogen-bond donors (Lipinski definition) is 1. The van der Waals surface area contributed by atoms with Crippen molar-refractivity contribution in [1.82, 2.24) is 0 Å². The third-order valence-electron chi connectivity index (χ3n) is 3.80. The lowest BCUT2D eigenvalue weighted by molar-refractivity contribution is 0.603. The Bertz CT molecular complexity index is 933. The zero-order valence-corrected chi connectivity index (χ0v) is 15.8. The first-order valence-corrected chi connectivity index (χ1v) is 10.3. The molecule has 3 aromatic rings. The third kappa shape index (κ3) is 4.03. The van der Waals surface area contributed by atoms with Crippen molar-refractivity contribution in [3.05, 3.63) is 71.6 Å². The fraction of sp³-hybridized carbons (Fsp3) is 0.158. The van der Waals surface area contributed by atoms with Crippen LogP contribution < -0.4 is 9.62 Å². The Balaban J connectivity index is 1.80. The first kappa shape index (κ1) is 17.5. The number of aryl methyl sites for hydroxylation is 1. The summed E-state index contributed by atoms with van der Waals surface area (Å²) in [6.45, 7) is 4.80. The van der Waals surface area contributed by atoms with Crippen LogP contribution in [0.1, 0.15) is 11.8 Å². The molecule has 3 rings (SSSR count). The van der Waals surface area contributed by atoms with E-state index in [1.54, 1.807) is 24.3 Å². The SMILES string of the molecule is CCN(c1ccccc1)c1ccc(NS(=O)(=O)c2ccc(C)s2)cc1. The zero-order valence-electron chi connectivity index (χ0n) is 14.1. The van der Waals surface area contributed by atoms with Crippen LogP contribution in [-0.4, -0.2) is 15.0 Å². The molecule has 0 aliphatic rings. The van der Waals surface area contributed by atoms with Crippen molar-refractivity contribution >= 4 is 38.4 Å². The van der Waals surface area contributed by atoms with Crippen molar-refractivity contribution in [1.29, 1.82) is 0 Å². The normalized spacial score (nSPS) is 11.3. The van der Waals surface area contributed by atoms with Crippen molar-refractivity contribution in [2.75, 3.05) is 16.2 Å².